The number of hydrogen-bond acceptors (Lipinski definition) is 18. The zero-order valence-corrected chi connectivity index (χ0v) is 53.5. The molecule has 24 heteroatoms. The van der Waals surface area contributed by atoms with E-state index in [-0.39, 0.29) is 97.1 Å². The molecule has 4 unspecified atom stereocenters. The van der Waals surface area contributed by atoms with Crippen LogP contribution in [0.2, 0.25) is 0 Å². The van der Waals surface area contributed by atoms with Gasteiger partial charge in [-0.3, -0.25) is 29.0 Å². The Morgan fingerprint density at radius 1 is 0.587 bits per heavy atom. The Kier molecular flexibility index (Phi) is 20.7. The first kappa shape index (κ1) is 66.5. The molecule has 24 nitrogen and oxygen atoms in total. The van der Waals surface area contributed by atoms with Gasteiger partial charge in [-0.15, -0.1) is 0 Å². The van der Waals surface area contributed by atoms with Crippen LogP contribution in [0.5, 0.6) is 23.0 Å². The number of morpholine rings is 2. The van der Waals surface area contributed by atoms with Crippen molar-refractivity contribution in [1.82, 2.24) is 35.2 Å². The maximum atomic E-state index is 13.5. The Balaban J connectivity index is 0.000000203. The fraction of sp³-hybridized carbons (Fsp3) is 0.515. The number of phenols is 1. The fourth-order valence-electron chi connectivity index (χ4n) is 12.8. The number of rotatable bonds is 17. The maximum absolute atomic E-state index is 13.5. The van der Waals surface area contributed by atoms with Gasteiger partial charge in [-0.2, -0.15) is 0 Å². The van der Waals surface area contributed by atoms with Crippen LogP contribution in [0.3, 0.4) is 0 Å². The summed E-state index contributed by atoms with van der Waals surface area (Å²) in [6.07, 6.45) is 3.81. The number of aliphatic hydroxyl groups is 2. The van der Waals surface area contributed by atoms with Gasteiger partial charge in [0.1, 0.15) is 40.8 Å². The lowest BCUT2D eigenvalue weighted by Gasteiger charge is -2.40. The number of aromatic nitrogens is 1. The highest BCUT2D eigenvalue weighted by Crippen LogP contribution is 2.36. The highest BCUT2D eigenvalue weighted by atomic mass is 16.6. The van der Waals surface area contributed by atoms with E-state index < -0.39 is 59.5 Å². The number of hydrogen-bond donors (Lipinski definition) is 5. The molecule has 4 saturated heterocycles. The van der Waals surface area contributed by atoms with Gasteiger partial charge in [0, 0.05) is 37.3 Å². The van der Waals surface area contributed by atoms with Gasteiger partial charge in [0.25, 0.3) is 23.6 Å². The zero-order valence-electron chi connectivity index (χ0n) is 53.5. The van der Waals surface area contributed by atoms with E-state index in [4.69, 9.17) is 37.6 Å². The van der Waals surface area contributed by atoms with Gasteiger partial charge < -0.3 is 73.3 Å². The first-order chi connectivity index (χ1) is 43.9. The maximum Gasteiger partial charge on any atom is 0.410 e. The summed E-state index contributed by atoms with van der Waals surface area (Å²) in [5.74, 6) is 0.673. The van der Waals surface area contributed by atoms with Crippen LogP contribution in [-0.4, -0.2) is 188 Å². The molecule has 4 aromatic carbocycles. The molecule has 6 aliphatic rings. The van der Waals surface area contributed by atoms with Crippen molar-refractivity contribution in [2.45, 2.75) is 173 Å². The Labute approximate surface area is 535 Å². The van der Waals surface area contributed by atoms with Gasteiger partial charge >= 0.3 is 12.2 Å². The van der Waals surface area contributed by atoms with E-state index in [1.54, 1.807) is 116 Å². The van der Waals surface area contributed by atoms with Gasteiger partial charge in [-0.25, -0.2) is 14.6 Å². The fourth-order valence-corrected chi connectivity index (χ4v) is 12.8. The lowest BCUT2D eigenvalue weighted by atomic mass is 9.91. The topological polar surface area (TPSA) is 291 Å². The summed E-state index contributed by atoms with van der Waals surface area (Å²) >= 11 is 0. The quantitative estimate of drug-likeness (QED) is 0.0608. The van der Waals surface area contributed by atoms with E-state index in [1.807, 2.05) is 28.0 Å². The molecular formula is C68H85N7O17. The molecule has 0 saturated carbocycles. The van der Waals surface area contributed by atoms with Crippen LogP contribution in [0.4, 0.5) is 9.59 Å². The molecule has 4 bridgehead atoms. The number of oxazole rings is 1. The van der Waals surface area contributed by atoms with Crippen LogP contribution in [0.15, 0.2) is 89.8 Å². The summed E-state index contributed by atoms with van der Waals surface area (Å²) in [6, 6.07) is 19.0. The standard InChI is InChI=1S/C36H44N4O9.C32H41N3O8/c1-5-46-32-14-23(34(43)40-25-8-9-26(40)19-45-18-25)7-11-29(32)33(42)38-16-31(41)30-13-22-6-10-27(47-20-28-15-37-21-48-28)12-24(22)17-39(30)35(44)49-36(2,3)4;1-5-42-28-14-20(30(39)35-22-8-9-23(35)18-41-17-22)7-11-25(28)29(38)33-15-27(37)26-13-19-6-10-24(36)12-21(19)16-34(26)31(40)43-32(2,3)4/h6-7,10-12,14-15,21,25-26,30-31,41H,5,8-9,13,16-20H2,1-4H3,(H,38,42);6-7,10-12,14,22-23,26-27,36-37H,5,8-9,13,15-18H2,1-4H3,(H,33,38)/t25?,26?,30-,31+;22?,23?,26-,27+/m00/s1. The molecule has 92 heavy (non-hydrogen) atoms. The normalized spacial score (nSPS) is 21.3. The van der Waals surface area contributed by atoms with Crippen LogP contribution in [-0.2, 0) is 51.5 Å². The number of aromatic hydroxyl groups is 1. The molecule has 7 heterocycles. The summed E-state index contributed by atoms with van der Waals surface area (Å²) < 4.78 is 45.2. The van der Waals surface area contributed by atoms with E-state index in [2.05, 4.69) is 15.6 Å². The van der Waals surface area contributed by atoms with Crippen LogP contribution < -0.4 is 24.8 Å². The number of nitrogens with one attached hydrogen (secondary N) is 2. The van der Waals surface area contributed by atoms with E-state index in [0.29, 0.717) is 75.1 Å². The lowest BCUT2D eigenvalue weighted by molar-refractivity contribution is -0.0118. The predicted molar refractivity (Wildman–Crippen MR) is 333 cm³/mol. The van der Waals surface area contributed by atoms with E-state index >= 15 is 0 Å². The molecule has 5 aromatic rings. The van der Waals surface area contributed by atoms with Crippen molar-refractivity contribution in [3.05, 3.63) is 136 Å². The predicted octanol–water partition coefficient (Wildman–Crippen LogP) is 7.36. The van der Waals surface area contributed by atoms with Crippen molar-refractivity contribution >= 4 is 35.8 Å². The number of carbonyl (C=O) groups is 6. The first-order valence-electron chi connectivity index (χ1n) is 31.6. The molecule has 8 atom stereocenters. The minimum Gasteiger partial charge on any atom is -0.508 e. The Hall–Kier alpha value is -8.45. The average molecular weight is 1270 g/mol. The van der Waals surface area contributed by atoms with Gasteiger partial charge in [0.15, 0.2) is 12.2 Å². The first-order valence-corrected chi connectivity index (χ1v) is 31.6. The van der Waals surface area contributed by atoms with E-state index in [9.17, 15) is 44.1 Å². The summed E-state index contributed by atoms with van der Waals surface area (Å²) in [5, 5.41) is 38.2. The minimum atomic E-state index is -1.12. The van der Waals surface area contributed by atoms with Crippen molar-refractivity contribution in [2.24, 2.45) is 0 Å². The minimum absolute atomic E-state index is 0.0544. The van der Waals surface area contributed by atoms with E-state index in [1.165, 1.54) is 16.2 Å². The van der Waals surface area contributed by atoms with Crippen LogP contribution in [0, 0.1) is 0 Å². The molecule has 494 valence electrons. The number of benzene rings is 4. The van der Waals surface area contributed by atoms with Crippen molar-refractivity contribution in [1.29, 1.82) is 0 Å². The summed E-state index contributed by atoms with van der Waals surface area (Å²) in [6.45, 7) is 17.2. The van der Waals surface area contributed by atoms with Crippen LogP contribution in [0.25, 0.3) is 0 Å². The number of amides is 6. The molecule has 6 amide bonds. The molecule has 0 spiro atoms. The summed E-state index contributed by atoms with van der Waals surface area (Å²) in [7, 11) is 0. The number of nitrogens with zero attached hydrogens (tertiary/aromatic N) is 5. The Bertz CT molecular complexity index is 3440. The summed E-state index contributed by atoms with van der Waals surface area (Å²) in [5.41, 5.74) is 3.32. The molecule has 5 N–H and O–H groups in total. The number of aliphatic hydroxyl groups excluding tert-OH is 2. The van der Waals surface area contributed by atoms with Crippen molar-refractivity contribution in [2.75, 3.05) is 52.7 Å². The van der Waals surface area contributed by atoms with Gasteiger partial charge in [0.2, 0.25) is 0 Å². The molecule has 0 aliphatic carbocycles. The third kappa shape index (κ3) is 15.7. The Morgan fingerprint density at radius 3 is 1.46 bits per heavy atom. The van der Waals surface area contributed by atoms with E-state index in [0.717, 1.165) is 47.9 Å². The molecule has 6 aliphatic heterocycles. The van der Waals surface area contributed by atoms with Gasteiger partial charge in [-0.05, 0) is 177 Å². The SMILES string of the molecule is CCOc1cc(C(=O)N2C3CCC2COC3)ccc1C(=O)NC[C@@H](O)[C@@H]1Cc2ccc(O)cc2CN1C(=O)OC(C)(C)C.CCOc1cc(C(=O)N2C3CCC2COC3)ccc1C(=O)NC[C@@H](O)[C@@H]1Cc2ccc(OCc3cnco3)cc2CN1C(=O)OC(C)(C)C. The molecule has 0 radical (unpaired) electrons. The second-order valence-electron chi connectivity index (χ2n) is 26.0. The van der Waals surface area contributed by atoms with Gasteiger partial charge in [-0.1, -0.05) is 12.1 Å². The lowest BCUT2D eigenvalue weighted by Crippen LogP contribution is -2.54. The van der Waals surface area contributed by atoms with Crippen LogP contribution in [0.1, 0.15) is 151 Å². The summed E-state index contributed by atoms with van der Waals surface area (Å²) in [4.78, 5) is 90.8. The Morgan fingerprint density at radius 2 is 1.03 bits per heavy atom. The molecule has 4 fully saturated rings. The average Bonchev–Trinajstić information content (AvgIpc) is 1.29. The highest BCUT2D eigenvalue weighted by molar-refractivity contribution is 6.01. The number of ether oxygens (including phenoxy) is 7. The second kappa shape index (κ2) is 28.6. The molecule has 11 rings (SSSR count). The number of fused-ring (bicyclic) bond motifs is 6. The smallest absolute Gasteiger partial charge is 0.410 e. The largest absolute Gasteiger partial charge is 0.508 e. The van der Waals surface area contributed by atoms with Crippen molar-refractivity contribution < 1.29 is 81.7 Å². The third-order valence-corrected chi connectivity index (χ3v) is 17.2. The number of phenolic OH excluding ortho intramolecular Hbond substituents is 1. The molecule has 1 aromatic heterocycles. The number of carbonyl (C=O) groups excluding carboxylic acids is 6. The third-order valence-electron chi connectivity index (χ3n) is 17.2. The monoisotopic (exact) mass is 1270 g/mol. The second-order valence-corrected chi connectivity index (χ2v) is 26.0. The van der Waals surface area contributed by atoms with Crippen molar-refractivity contribution in [3.8, 4) is 23.0 Å². The van der Waals surface area contributed by atoms with Crippen molar-refractivity contribution in [3.63, 3.8) is 0 Å². The highest BCUT2D eigenvalue weighted by Gasteiger charge is 2.44. The zero-order chi connectivity index (χ0) is 65.6. The van der Waals surface area contributed by atoms with Crippen LogP contribution >= 0.6 is 0 Å². The molecular weight excluding hydrogens is 1190 g/mol. The van der Waals surface area contributed by atoms with Gasteiger partial charge in [0.05, 0.1) is 105 Å².